The van der Waals surface area contributed by atoms with E-state index >= 15 is 0 Å². The van der Waals surface area contributed by atoms with Gasteiger partial charge in [0.2, 0.25) is 5.84 Å². The fourth-order valence-corrected chi connectivity index (χ4v) is 8.29. The molecule has 4 atom stereocenters. The summed E-state index contributed by atoms with van der Waals surface area (Å²) >= 11 is 4.68. The molecule has 0 saturated carbocycles. The van der Waals surface area contributed by atoms with E-state index in [1.807, 2.05) is 78.9 Å². The lowest BCUT2D eigenvalue weighted by Crippen LogP contribution is -2.40. The Bertz CT molecular complexity index is 2020. The van der Waals surface area contributed by atoms with Crippen LogP contribution in [0.1, 0.15) is 67.0 Å². The van der Waals surface area contributed by atoms with E-state index in [1.165, 1.54) is 68.3 Å². The van der Waals surface area contributed by atoms with Crippen molar-refractivity contribution in [1.29, 1.82) is 0 Å². The van der Waals surface area contributed by atoms with Crippen molar-refractivity contribution in [2.24, 2.45) is 0 Å². The molecule has 1 aromatic heterocycles. The quantitative estimate of drug-likeness (QED) is 0.114. The zero-order chi connectivity index (χ0) is 39.0. The van der Waals surface area contributed by atoms with Crippen LogP contribution >= 0.6 is 6.72 Å². The maximum Gasteiger partial charge on any atom is 0.330 e. The van der Waals surface area contributed by atoms with Crippen LogP contribution in [0.25, 0.3) is 0 Å². The molecule has 3 N–H and O–H groups in total. The van der Waals surface area contributed by atoms with Crippen molar-refractivity contribution in [3.05, 3.63) is 128 Å². The molecule has 7 rings (SSSR count). The minimum absolute atomic E-state index is 0.00398. The Kier molecular flexibility index (Phi) is 13.4. The maximum absolute atomic E-state index is 12.7. The largest absolute Gasteiger partial charge is 0.780 e. The summed E-state index contributed by atoms with van der Waals surface area (Å²) in [5.74, 6) is 2.84. The van der Waals surface area contributed by atoms with Crippen LogP contribution in [0.3, 0.4) is 0 Å². The van der Waals surface area contributed by atoms with Crippen LogP contribution in [0.5, 0.6) is 11.5 Å². The Balaban J connectivity index is 0.000000397. The number of hydrogen-bond donors (Lipinski definition) is 3. The average Bonchev–Trinajstić information content (AvgIpc) is 3.41. The zero-order valence-electron chi connectivity index (χ0n) is 31.3. The number of aromatic nitrogens is 2. The van der Waals surface area contributed by atoms with Crippen LogP contribution in [0.4, 0.5) is 0 Å². The van der Waals surface area contributed by atoms with Crippen LogP contribution in [-0.4, -0.2) is 77.5 Å². The van der Waals surface area contributed by atoms with Gasteiger partial charge in [-0.3, -0.25) is 24.2 Å². The Morgan fingerprint density at radius 1 is 0.927 bits per heavy atom. The Morgan fingerprint density at radius 2 is 1.55 bits per heavy atom. The van der Waals surface area contributed by atoms with Gasteiger partial charge in [0.15, 0.2) is 0 Å². The van der Waals surface area contributed by atoms with Crippen molar-refractivity contribution in [1.82, 2.24) is 14.9 Å². The number of nitrogens with zero attached hydrogens (tertiary/aromatic N) is 2. The van der Waals surface area contributed by atoms with Gasteiger partial charge in [-0.2, -0.15) is 0 Å². The number of aryl methyl sites for hydroxylation is 1. The molecule has 0 radical (unpaired) electrons. The molecule has 4 heterocycles. The van der Waals surface area contributed by atoms with E-state index in [1.54, 1.807) is 21.1 Å². The van der Waals surface area contributed by atoms with E-state index < -0.39 is 42.0 Å². The van der Waals surface area contributed by atoms with Gasteiger partial charge < -0.3 is 33.3 Å². The number of H-pyrrole nitrogens is 1. The Labute approximate surface area is 325 Å². The number of amidine groups is 1. The smallest absolute Gasteiger partial charge is 0.330 e. The number of rotatable bonds is 11. The van der Waals surface area contributed by atoms with E-state index in [-0.39, 0.29) is 13.0 Å². The standard InChI is InChI=1S/C31H33N2O9PS.C9H16N2/c1-20-18-33(30(35)32-29(20)34)28-17-26(42-43(36,37)44)27(41-28)19-40-31(21-7-5-4-6-8-21,22-9-13-24(38-2)14-10-22)23-11-15-25(39-3)16-12-23;1-2-5-9-10-6-4-8-11(9)7-3-1/h4-16,18,26-28H,17,19H2,1-3H3,(H,32,34,35)(H2,36,37,44);1-8H2/t26-,27+,28+;/m0./s1. The third kappa shape index (κ3) is 9.82. The van der Waals surface area contributed by atoms with Crippen LogP contribution in [0, 0.1) is 6.92 Å². The summed E-state index contributed by atoms with van der Waals surface area (Å²) in [6.45, 7) is 0.825. The average molecular weight is 793 g/mol. The molecular formula is C40H49N4O9PS. The number of nitrogens with one attached hydrogen (secondary N) is 2. The van der Waals surface area contributed by atoms with Crippen LogP contribution < -0.4 is 30.9 Å². The normalized spacial score (nSPS) is 20.9. The Hall–Kier alpha value is -4.14. The molecule has 3 aliphatic heterocycles. The van der Waals surface area contributed by atoms with Crippen LogP contribution in [0.15, 0.2) is 94.6 Å². The summed E-state index contributed by atoms with van der Waals surface area (Å²) in [4.78, 5) is 49.1. The van der Waals surface area contributed by atoms with Gasteiger partial charge in [-0.05, 0) is 67.1 Å². The number of ether oxygens (including phenoxy) is 4. The highest BCUT2D eigenvalue weighted by Crippen LogP contribution is 2.45. The molecule has 4 aromatic rings. The monoisotopic (exact) mass is 792 g/mol. The molecule has 55 heavy (non-hydrogen) atoms. The molecule has 3 aliphatic rings. The summed E-state index contributed by atoms with van der Waals surface area (Å²) in [7, 11) is 3.17. The fourth-order valence-electron chi connectivity index (χ4n) is 7.40. The molecule has 0 aliphatic carbocycles. The first-order chi connectivity index (χ1) is 26.5. The van der Waals surface area contributed by atoms with E-state index in [2.05, 4.69) is 26.7 Å². The first-order valence-corrected chi connectivity index (χ1v) is 21.1. The highest BCUT2D eigenvalue weighted by Gasteiger charge is 2.43. The second-order valence-electron chi connectivity index (χ2n) is 13.8. The second kappa shape index (κ2) is 18.2. The van der Waals surface area contributed by atoms with Crippen LogP contribution in [0.2, 0.25) is 0 Å². The van der Waals surface area contributed by atoms with E-state index in [0.29, 0.717) is 17.1 Å². The van der Waals surface area contributed by atoms with Crippen molar-refractivity contribution >= 4 is 24.4 Å². The minimum atomic E-state index is -4.38. The van der Waals surface area contributed by atoms with E-state index in [0.717, 1.165) is 16.7 Å². The summed E-state index contributed by atoms with van der Waals surface area (Å²) in [5.41, 5.74) is 0.222. The predicted molar refractivity (Wildman–Crippen MR) is 210 cm³/mol. The third-order valence-electron chi connectivity index (χ3n) is 10.2. The van der Waals surface area contributed by atoms with Gasteiger partial charge in [-0.25, -0.2) is 4.79 Å². The number of hydrogen-bond acceptors (Lipinski definition) is 10. The summed E-state index contributed by atoms with van der Waals surface area (Å²) in [6.07, 6.45) is 5.33. The molecule has 0 bridgehead atoms. The first kappa shape index (κ1) is 40.5. The summed E-state index contributed by atoms with van der Waals surface area (Å²) in [6, 6.07) is 24.5. The Morgan fingerprint density at radius 3 is 2.16 bits per heavy atom. The SMILES string of the molecule is C1CCC2=[N+](CC1)CCCN2.COc1ccc(C(OC[C@H]2O[C@@H](n3cc(C)c(=O)[nH]c3=O)C[C@@H]2OP([O-])(O)=S)(c2ccccc2)c2ccc(OC)cc2)cc1. The lowest BCUT2D eigenvalue weighted by Gasteiger charge is -2.37. The predicted octanol–water partition coefficient (Wildman–Crippen LogP) is 4.09. The van der Waals surface area contributed by atoms with Gasteiger partial charge in [0, 0.05) is 31.0 Å². The molecule has 1 unspecified atom stereocenters. The molecule has 13 nitrogen and oxygen atoms in total. The zero-order valence-corrected chi connectivity index (χ0v) is 33.1. The number of methoxy groups -OCH3 is 2. The van der Waals surface area contributed by atoms with Crippen molar-refractivity contribution in [2.75, 3.05) is 40.5 Å². The molecule has 3 aromatic carbocycles. The highest BCUT2D eigenvalue weighted by atomic mass is 32.5. The summed E-state index contributed by atoms with van der Waals surface area (Å²) < 4.78 is 33.1. The molecule has 1 fully saturated rings. The third-order valence-corrected chi connectivity index (χ3v) is 11.0. The minimum Gasteiger partial charge on any atom is -0.780 e. The highest BCUT2D eigenvalue weighted by molar-refractivity contribution is 8.06. The van der Waals surface area contributed by atoms with Gasteiger partial charge in [0.05, 0.1) is 46.6 Å². The lowest BCUT2D eigenvalue weighted by molar-refractivity contribution is -0.534. The van der Waals surface area contributed by atoms with Crippen molar-refractivity contribution in [3.63, 3.8) is 0 Å². The number of aromatic amines is 1. The molecule has 1 saturated heterocycles. The van der Waals surface area contributed by atoms with Crippen molar-refractivity contribution in [2.45, 2.75) is 69.5 Å². The molecule has 0 amide bonds. The van der Waals surface area contributed by atoms with E-state index in [4.69, 9.17) is 23.5 Å². The van der Waals surface area contributed by atoms with Crippen LogP contribution in [-0.2, 0) is 31.4 Å². The molecule has 294 valence electrons. The lowest BCUT2D eigenvalue weighted by atomic mass is 9.80. The number of benzene rings is 3. The fraction of sp³-hybridized carbons (Fsp3) is 0.425. The van der Waals surface area contributed by atoms with Crippen molar-refractivity contribution in [3.8, 4) is 11.5 Å². The summed E-state index contributed by atoms with van der Waals surface area (Å²) in [5, 5.41) is 3.50. The first-order valence-electron chi connectivity index (χ1n) is 18.5. The van der Waals surface area contributed by atoms with Gasteiger partial charge in [-0.1, -0.05) is 66.4 Å². The van der Waals surface area contributed by atoms with E-state index in [9.17, 15) is 19.4 Å². The second-order valence-corrected chi connectivity index (χ2v) is 16.3. The van der Waals surface area contributed by atoms with Gasteiger partial charge in [0.25, 0.3) is 5.56 Å². The van der Waals surface area contributed by atoms with Crippen molar-refractivity contribution < 1.29 is 37.8 Å². The molecule has 0 spiro atoms. The van der Waals surface area contributed by atoms with Gasteiger partial charge in [-0.15, -0.1) is 0 Å². The topological polar surface area (TPSA) is 159 Å². The van der Waals surface area contributed by atoms with Gasteiger partial charge >= 0.3 is 5.69 Å². The van der Waals surface area contributed by atoms with Gasteiger partial charge in [0.1, 0.15) is 36.2 Å². The maximum atomic E-state index is 12.7. The molecule has 15 heteroatoms. The molecular weight excluding hydrogens is 743 g/mol.